The van der Waals surface area contributed by atoms with Gasteiger partial charge in [-0.2, -0.15) is 0 Å². The number of amides is 1. The Bertz CT molecular complexity index is 1210. The molecule has 3 aromatic carbocycles. The first-order chi connectivity index (χ1) is 16.3. The number of piperidine rings is 1. The predicted molar refractivity (Wildman–Crippen MR) is 129 cm³/mol. The normalized spacial score (nSPS) is 17.9. The maximum atomic E-state index is 13.7. The van der Waals surface area contributed by atoms with E-state index in [9.17, 15) is 13.6 Å². The van der Waals surface area contributed by atoms with E-state index in [0.29, 0.717) is 34.3 Å². The summed E-state index contributed by atoms with van der Waals surface area (Å²) < 4.78 is 32.8. The van der Waals surface area contributed by atoms with Gasteiger partial charge < -0.3 is 4.74 Å². The van der Waals surface area contributed by atoms with E-state index >= 15 is 0 Å². The minimum absolute atomic E-state index is 0.300. The standard InChI is InChI=1S/C26H22Cl2F2N2O2/c27-20-12-17(13-21(28)24(20)18-6-7-22(29)23(30)14-18)15-31-10-8-26(9-11-31)16-32(25(33)34-26)19-4-2-1-3-5-19/h1-7,12-14H,8-11,15-16H2. The zero-order valence-electron chi connectivity index (χ0n) is 18.2. The first-order valence-electron chi connectivity index (χ1n) is 11.0. The Morgan fingerprint density at radius 1 is 0.912 bits per heavy atom. The second-order valence-electron chi connectivity index (χ2n) is 8.81. The number of hydrogen-bond donors (Lipinski definition) is 0. The summed E-state index contributed by atoms with van der Waals surface area (Å²) in [5.41, 5.74) is 2.19. The molecule has 2 aliphatic rings. The average molecular weight is 503 g/mol. The minimum Gasteiger partial charge on any atom is -0.441 e. The molecule has 0 unspecified atom stereocenters. The van der Waals surface area contributed by atoms with E-state index in [1.165, 1.54) is 6.07 Å². The quantitative estimate of drug-likeness (QED) is 0.387. The number of ether oxygens (including phenoxy) is 1. The van der Waals surface area contributed by atoms with Crippen molar-refractivity contribution in [2.75, 3.05) is 24.5 Å². The number of carbonyl (C=O) groups is 1. The van der Waals surface area contributed by atoms with E-state index in [0.717, 1.165) is 49.3 Å². The third-order valence-corrected chi connectivity index (χ3v) is 7.12. The summed E-state index contributed by atoms with van der Waals surface area (Å²) in [5.74, 6) is -1.87. The van der Waals surface area contributed by atoms with Crippen LogP contribution in [-0.4, -0.2) is 36.2 Å². The molecule has 5 rings (SSSR count). The first-order valence-corrected chi connectivity index (χ1v) is 11.8. The summed E-state index contributed by atoms with van der Waals surface area (Å²) in [6, 6.07) is 16.8. The fourth-order valence-corrected chi connectivity index (χ4v) is 5.46. The van der Waals surface area contributed by atoms with E-state index in [-0.39, 0.29) is 6.09 Å². The Balaban J connectivity index is 1.25. The van der Waals surface area contributed by atoms with Crippen molar-refractivity contribution in [1.29, 1.82) is 0 Å². The lowest BCUT2D eigenvalue weighted by molar-refractivity contribution is -0.000971. The van der Waals surface area contributed by atoms with Crippen LogP contribution in [0.2, 0.25) is 10.0 Å². The number of benzene rings is 3. The topological polar surface area (TPSA) is 32.8 Å². The molecule has 0 radical (unpaired) electrons. The monoisotopic (exact) mass is 502 g/mol. The summed E-state index contributed by atoms with van der Waals surface area (Å²) >= 11 is 13.0. The lowest BCUT2D eigenvalue weighted by Crippen LogP contribution is -2.46. The largest absolute Gasteiger partial charge is 0.441 e. The summed E-state index contributed by atoms with van der Waals surface area (Å²) in [4.78, 5) is 16.5. The fraction of sp³-hybridized carbons (Fsp3) is 0.269. The second kappa shape index (κ2) is 9.17. The molecule has 8 heteroatoms. The van der Waals surface area contributed by atoms with E-state index < -0.39 is 17.2 Å². The molecule has 0 bridgehead atoms. The third-order valence-electron chi connectivity index (χ3n) is 6.52. The lowest BCUT2D eigenvalue weighted by Gasteiger charge is -2.37. The molecule has 3 aromatic rings. The summed E-state index contributed by atoms with van der Waals surface area (Å²) in [6.45, 7) is 2.69. The molecular weight excluding hydrogens is 481 g/mol. The van der Waals surface area contributed by atoms with Crippen molar-refractivity contribution in [3.63, 3.8) is 0 Å². The van der Waals surface area contributed by atoms with Crippen molar-refractivity contribution >= 4 is 35.0 Å². The SMILES string of the molecule is O=C1OC2(CCN(Cc3cc(Cl)c(-c4ccc(F)c(F)c4)c(Cl)c3)CC2)CN1c1ccccc1. The van der Waals surface area contributed by atoms with Gasteiger partial charge in [-0.1, -0.05) is 47.5 Å². The van der Waals surface area contributed by atoms with Crippen LogP contribution in [0.4, 0.5) is 19.3 Å². The highest BCUT2D eigenvalue weighted by molar-refractivity contribution is 6.39. The number of rotatable bonds is 4. The van der Waals surface area contributed by atoms with Gasteiger partial charge >= 0.3 is 6.09 Å². The number of hydrogen-bond acceptors (Lipinski definition) is 3. The molecule has 176 valence electrons. The number of para-hydroxylation sites is 1. The van der Waals surface area contributed by atoms with Crippen LogP contribution in [0.3, 0.4) is 0 Å². The van der Waals surface area contributed by atoms with E-state index in [4.69, 9.17) is 27.9 Å². The summed E-state index contributed by atoms with van der Waals surface area (Å²) in [5, 5.41) is 0.760. The van der Waals surface area contributed by atoms with Gasteiger partial charge in [0.15, 0.2) is 11.6 Å². The van der Waals surface area contributed by atoms with Crippen LogP contribution in [0.1, 0.15) is 18.4 Å². The van der Waals surface area contributed by atoms with Gasteiger partial charge in [0.25, 0.3) is 0 Å². The molecule has 1 spiro atoms. The molecule has 34 heavy (non-hydrogen) atoms. The van der Waals surface area contributed by atoms with Gasteiger partial charge in [-0.05, 0) is 47.5 Å². The Hall–Kier alpha value is -2.67. The molecule has 0 atom stereocenters. The predicted octanol–water partition coefficient (Wildman–Crippen LogP) is 6.93. The zero-order chi connectivity index (χ0) is 23.9. The van der Waals surface area contributed by atoms with Gasteiger partial charge in [0.2, 0.25) is 0 Å². The Morgan fingerprint density at radius 2 is 1.59 bits per heavy atom. The van der Waals surface area contributed by atoms with Crippen molar-refractivity contribution < 1.29 is 18.3 Å². The second-order valence-corrected chi connectivity index (χ2v) is 9.63. The smallest absolute Gasteiger partial charge is 0.415 e. The van der Waals surface area contributed by atoms with Gasteiger partial charge in [-0.3, -0.25) is 9.80 Å². The van der Waals surface area contributed by atoms with Gasteiger partial charge in [-0.25, -0.2) is 13.6 Å². The minimum atomic E-state index is -0.950. The van der Waals surface area contributed by atoms with Crippen molar-refractivity contribution in [2.24, 2.45) is 0 Å². The molecule has 0 N–H and O–H groups in total. The molecule has 2 heterocycles. The number of anilines is 1. The van der Waals surface area contributed by atoms with Crippen molar-refractivity contribution in [3.05, 3.63) is 87.9 Å². The molecule has 2 aliphatic heterocycles. The van der Waals surface area contributed by atoms with E-state index in [2.05, 4.69) is 4.90 Å². The Labute approximate surface area is 206 Å². The molecule has 2 fully saturated rings. The first kappa shape index (κ1) is 23.1. The zero-order valence-corrected chi connectivity index (χ0v) is 19.8. The summed E-state index contributed by atoms with van der Waals surface area (Å²) in [7, 11) is 0. The highest BCUT2D eigenvalue weighted by atomic mass is 35.5. The third kappa shape index (κ3) is 4.50. The maximum absolute atomic E-state index is 13.7. The van der Waals surface area contributed by atoms with Gasteiger partial charge in [0, 0.05) is 43.7 Å². The fourth-order valence-electron chi connectivity index (χ4n) is 4.71. The summed E-state index contributed by atoms with van der Waals surface area (Å²) in [6.07, 6.45) is 1.17. The van der Waals surface area contributed by atoms with E-state index in [1.54, 1.807) is 17.0 Å². The van der Waals surface area contributed by atoms with Crippen LogP contribution in [0.5, 0.6) is 0 Å². The Kier molecular flexibility index (Phi) is 6.23. The number of carbonyl (C=O) groups excluding carboxylic acids is 1. The van der Waals surface area contributed by atoms with E-state index in [1.807, 2.05) is 30.3 Å². The molecule has 2 saturated heterocycles. The number of halogens is 4. The van der Waals surface area contributed by atoms with Crippen LogP contribution in [0, 0.1) is 11.6 Å². The highest BCUT2D eigenvalue weighted by Gasteiger charge is 2.47. The van der Waals surface area contributed by atoms with Crippen LogP contribution in [-0.2, 0) is 11.3 Å². The van der Waals surface area contributed by atoms with Gasteiger partial charge in [0.05, 0.1) is 16.6 Å². The van der Waals surface area contributed by atoms with Gasteiger partial charge in [0.1, 0.15) is 5.60 Å². The van der Waals surface area contributed by atoms with Crippen molar-refractivity contribution in [3.8, 4) is 11.1 Å². The van der Waals surface area contributed by atoms with Crippen LogP contribution < -0.4 is 4.90 Å². The van der Waals surface area contributed by atoms with Crippen LogP contribution in [0.25, 0.3) is 11.1 Å². The molecule has 0 saturated carbocycles. The maximum Gasteiger partial charge on any atom is 0.415 e. The Morgan fingerprint density at radius 3 is 2.24 bits per heavy atom. The molecule has 1 amide bonds. The average Bonchev–Trinajstić information content (AvgIpc) is 3.14. The van der Waals surface area contributed by atoms with Crippen molar-refractivity contribution in [1.82, 2.24) is 4.90 Å². The molecule has 0 aliphatic carbocycles. The van der Waals surface area contributed by atoms with Crippen LogP contribution >= 0.6 is 23.2 Å². The molecule has 4 nitrogen and oxygen atoms in total. The lowest BCUT2D eigenvalue weighted by atomic mass is 9.91. The number of nitrogens with zero attached hydrogens (tertiary/aromatic N) is 2. The van der Waals surface area contributed by atoms with Crippen LogP contribution in [0.15, 0.2) is 60.7 Å². The molecular formula is C26H22Cl2F2N2O2. The van der Waals surface area contributed by atoms with Gasteiger partial charge in [-0.15, -0.1) is 0 Å². The highest BCUT2D eigenvalue weighted by Crippen LogP contribution is 2.38. The van der Waals surface area contributed by atoms with Crippen molar-refractivity contribution in [2.45, 2.75) is 25.0 Å². The molecule has 0 aromatic heterocycles. The number of likely N-dealkylation sites (tertiary alicyclic amines) is 1.